The Morgan fingerprint density at radius 2 is 0.594 bits per heavy atom. The fourth-order valence-electron chi connectivity index (χ4n) is 6.94. The minimum atomic E-state index is -3.17. The molecule has 64 heavy (non-hydrogen) atoms. The van der Waals surface area contributed by atoms with Gasteiger partial charge in [-0.3, -0.25) is 4.99 Å². The summed E-state index contributed by atoms with van der Waals surface area (Å²) in [5.74, 6) is 0. The highest BCUT2D eigenvalue weighted by Crippen LogP contribution is 2.27. The molecule has 2 aromatic rings. The molecule has 0 aliphatic heterocycles. The van der Waals surface area contributed by atoms with Crippen molar-refractivity contribution >= 4 is 65.2 Å². The van der Waals surface area contributed by atoms with Gasteiger partial charge in [0.15, 0.2) is 0 Å². The Balaban J connectivity index is 3.05. The van der Waals surface area contributed by atoms with Crippen LogP contribution in [0.5, 0.6) is 0 Å². The molecule has 13 nitrogen and oxygen atoms in total. The van der Waals surface area contributed by atoms with Crippen LogP contribution in [-0.2, 0) is 59.7 Å². The number of benzene rings is 2. The quantitative estimate of drug-likeness (QED) is 0.0483. The summed E-state index contributed by atoms with van der Waals surface area (Å²) in [4.78, 5) is 5.37. The van der Waals surface area contributed by atoms with Crippen LogP contribution in [0.4, 0.5) is 0 Å². The topological polar surface area (TPSA) is 123 Å². The molecule has 0 aliphatic carbocycles. The van der Waals surface area contributed by atoms with Crippen molar-refractivity contribution in [3.8, 4) is 0 Å². The molecule has 0 saturated carbocycles. The molecule has 0 heterocycles. The van der Waals surface area contributed by atoms with Crippen LogP contribution >= 0.6 is 0 Å². The highest BCUT2D eigenvalue weighted by atomic mass is 28.4. The van der Waals surface area contributed by atoms with Gasteiger partial charge in [-0.1, -0.05) is 60.7 Å². The van der Waals surface area contributed by atoms with Gasteiger partial charge in [-0.05, 0) is 141 Å². The molecule has 0 aromatic heterocycles. The van der Waals surface area contributed by atoms with Gasteiger partial charge < -0.3 is 53.1 Å². The maximum absolute atomic E-state index is 6.21. The van der Waals surface area contributed by atoms with Crippen LogP contribution in [0.1, 0.15) is 123 Å². The second kappa shape index (κ2) is 31.4. The maximum atomic E-state index is 6.21. The van der Waals surface area contributed by atoms with E-state index in [2.05, 4.69) is 24.3 Å². The summed E-state index contributed by atoms with van der Waals surface area (Å²) in [5.41, 5.74) is 14.2. The third-order valence-electron chi connectivity index (χ3n) is 9.23. The van der Waals surface area contributed by atoms with Crippen LogP contribution < -0.4 is 0 Å². The van der Waals surface area contributed by atoms with E-state index in [-0.39, 0.29) is 0 Å². The van der Waals surface area contributed by atoms with Crippen molar-refractivity contribution in [2.45, 2.75) is 96.6 Å². The second-order valence-electron chi connectivity index (χ2n) is 13.6. The Kier molecular flexibility index (Phi) is 28.3. The van der Waals surface area contributed by atoms with Gasteiger partial charge in [-0.2, -0.15) is 0 Å². The molecule has 0 unspecified atom stereocenters. The Bertz CT molecular complexity index is 1600. The number of hydrogen-bond donors (Lipinski definition) is 0. The SMILES string of the molecule is CCO[Si](/C=C/c1cccc(/C=C/[Si](OCC)(OCC)OCC)c1CN=C(C)c1c(/C=C/[Si](OCC)(OCC)OCC)cccc1/C=C/[Si](OCC)(OCC)OCC)(OCC)OCC. The van der Waals surface area contributed by atoms with Crippen molar-refractivity contribution in [1.29, 1.82) is 0 Å². The van der Waals surface area contributed by atoms with Crippen molar-refractivity contribution in [3.63, 3.8) is 0 Å². The van der Waals surface area contributed by atoms with Crippen molar-refractivity contribution in [3.05, 3.63) is 92.6 Å². The lowest BCUT2D eigenvalue weighted by Gasteiger charge is -2.26. The normalized spacial score (nSPS) is 13.5. The zero-order chi connectivity index (χ0) is 47.3. The van der Waals surface area contributed by atoms with E-state index in [1.54, 1.807) is 0 Å². The van der Waals surface area contributed by atoms with E-state index in [0.29, 0.717) is 85.8 Å². The number of rotatable bonds is 35. The highest BCUT2D eigenvalue weighted by Gasteiger charge is 2.40. The van der Waals surface area contributed by atoms with Gasteiger partial charge in [0.1, 0.15) is 0 Å². The molecule has 0 bridgehead atoms. The van der Waals surface area contributed by atoms with Crippen molar-refractivity contribution < 1.29 is 53.1 Å². The van der Waals surface area contributed by atoms with Crippen LogP contribution in [0.3, 0.4) is 0 Å². The van der Waals surface area contributed by atoms with Gasteiger partial charge in [0, 0.05) is 90.6 Å². The van der Waals surface area contributed by atoms with Crippen LogP contribution in [0.15, 0.2) is 64.2 Å². The molecule has 0 atom stereocenters. The minimum Gasteiger partial charge on any atom is -0.371 e. The molecular formula is C47H79NO12Si4. The van der Waals surface area contributed by atoms with Crippen LogP contribution in [0.2, 0.25) is 0 Å². The lowest BCUT2D eigenvalue weighted by Crippen LogP contribution is -2.44. The van der Waals surface area contributed by atoms with Gasteiger partial charge in [-0.25, -0.2) is 0 Å². The van der Waals surface area contributed by atoms with Crippen LogP contribution in [0, 0.1) is 0 Å². The van der Waals surface area contributed by atoms with Crippen LogP contribution in [0.25, 0.3) is 24.3 Å². The summed E-state index contributed by atoms with van der Waals surface area (Å²) in [6, 6.07) is 12.3. The number of aliphatic imine (C=N–C) groups is 1. The van der Waals surface area contributed by atoms with Crippen molar-refractivity contribution in [1.82, 2.24) is 0 Å². The molecule has 0 saturated heterocycles. The molecule has 0 N–H and O–H groups in total. The smallest absolute Gasteiger partial charge is 0.371 e. The largest absolute Gasteiger partial charge is 0.529 e. The first-order valence-electron chi connectivity index (χ1n) is 23.2. The summed E-state index contributed by atoms with van der Waals surface area (Å²) in [5, 5.41) is 0. The molecule has 17 heteroatoms. The monoisotopic (exact) mass is 961 g/mol. The lowest BCUT2D eigenvalue weighted by molar-refractivity contribution is 0.0837. The van der Waals surface area contributed by atoms with Crippen molar-refractivity contribution in [2.75, 3.05) is 79.3 Å². The summed E-state index contributed by atoms with van der Waals surface area (Å²) in [6.45, 7) is 31.1. The Morgan fingerprint density at radius 1 is 0.375 bits per heavy atom. The highest BCUT2D eigenvalue weighted by molar-refractivity contribution is 6.68. The Labute approximate surface area is 390 Å². The van der Waals surface area contributed by atoms with Crippen LogP contribution in [-0.4, -0.2) is 120 Å². The second-order valence-corrected chi connectivity index (χ2v) is 23.2. The molecule has 360 valence electrons. The molecular weight excluding hydrogens is 883 g/mol. The predicted molar refractivity (Wildman–Crippen MR) is 267 cm³/mol. The van der Waals surface area contributed by atoms with E-state index in [4.69, 9.17) is 58.1 Å². The average Bonchev–Trinajstić information content (AvgIpc) is 3.27. The minimum absolute atomic E-state index is 0.317. The number of nitrogens with zero attached hydrogens (tertiary/aromatic N) is 1. The zero-order valence-electron chi connectivity index (χ0n) is 41.1. The average molecular weight is 962 g/mol. The molecule has 0 fully saturated rings. The lowest BCUT2D eigenvalue weighted by atomic mass is 9.96. The van der Waals surface area contributed by atoms with E-state index in [9.17, 15) is 0 Å². The van der Waals surface area contributed by atoms with Gasteiger partial charge in [0.2, 0.25) is 0 Å². The van der Waals surface area contributed by atoms with E-state index >= 15 is 0 Å². The third kappa shape index (κ3) is 17.9. The molecule has 2 rings (SSSR count). The molecule has 0 aliphatic rings. The Hall–Kier alpha value is -2.54. The summed E-state index contributed by atoms with van der Waals surface area (Å²) in [6.07, 6.45) is 8.13. The summed E-state index contributed by atoms with van der Waals surface area (Å²) < 4.78 is 74.5. The van der Waals surface area contributed by atoms with E-state index in [1.165, 1.54) is 0 Å². The van der Waals surface area contributed by atoms with E-state index in [1.807, 2.05) is 149 Å². The van der Waals surface area contributed by atoms with Gasteiger partial charge in [0.05, 0.1) is 6.54 Å². The Morgan fingerprint density at radius 3 is 0.828 bits per heavy atom. The van der Waals surface area contributed by atoms with Crippen molar-refractivity contribution in [2.24, 2.45) is 4.99 Å². The maximum Gasteiger partial charge on any atom is 0.529 e. The first-order valence-corrected chi connectivity index (χ1v) is 30.4. The standard InChI is InChI=1S/C47H79NO12Si4/c1-14-49-61(50-15-2,51-16-3)36-32-42-28-26-29-43(33-37-62(52-17-4,53-18-5)54-19-6)46(42)40-48-41(13)47-44(34-38-63(55-20-7,56-21-8)57-22-9)30-27-31-45(47)35-39-64(58-23-10,59-24-11)60-25-12/h26-39H,14-25,40H2,1-13H3/b36-32+,37-33+,38-34+,39-35+,48-41?. The van der Waals surface area contributed by atoms with Gasteiger partial charge >= 0.3 is 35.2 Å². The molecule has 0 spiro atoms. The summed E-state index contributed by atoms with van der Waals surface area (Å²) >= 11 is 0. The zero-order valence-corrected chi connectivity index (χ0v) is 45.1. The van der Waals surface area contributed by atoms with Gasteiger partial charge in [0.25, 0.3) is 0 Å². The first-order chi connectivity index (χ1) is 31.0. The fraction of sp³-hybridized carbons (Fsp3) is 0.553. The summed E-state index contributed by atoms with van der Waals surface area (Å²) in [7, 11) is -12.6. The fourth-order valence-corrected chi connectivity index (χ4v) is 15.5. The van der Waals surface area contributed by atoms with E-state index in [0.717, 1.165) is 39.1 Å². The first kappa shape index (κ1) is 57.6. The van der Waals surface area contributed by atoms with E-state index < -0.39 is 35.2 Å². The number of hydrogen-bond acceptors (Lipinski definition) is 13. The molecule has 2 aromatic carbocycles. The predicted octanol–water partition coefficient (Wildman–Crippen LogP) is 10.1. The molecule has 0 radical (unpaired) electrons. The molecule has 0 amide bonds. The van der Waals surface area contributed by atoms with Gasteiger partial charge in [-0.15, -0.1) is 0 Å². The third-order valence-corrected chi connectivity index (χ3v) is 19.8.